The summed E-state index contributed by atoms with van der Waals surface area (Å²) in [6.45, 7) is 7.59. The molecule has 0 bridgehead atoms. The van der Waals surface area contributed by atoms with Gasteiger partial charge in [0.1, 0.15) is 6.04 Å². The maximum absolute atomic E-state index is 12.2. The normalized spacial score (nSPS) is 21.6. The molecule has 1 heterocycles. The Morgan fingerprint density at radius 1 is 1.29 bits per heavy atom. The van der Waals surface area contributed by atoms with E-state index in [1.54, 1.807) is 0 Å². The number of nitrogens with zero attached hydrogens (tertiary/aromatic N) is 1. The minimum absolute atomic E-state index is 0.00255. The predicted octanol–water partition coefficient (Wildman–Crippen LogP) is 1.55. The van der Waals surface area contributed by atoms with Gasteiger partial charge in [-0.1, -0.05) is 33.6 Å². The molecule has 1 aliphatic rings. The summed E-state index contributed by atoms with van der Waals surface area (Å²) in [6.07, 6.45) is 3.27. The summed E-state index contributed by atoms with van der Waals surface area (Å²) in [5.74, 6) is 0.632. The third-order valence-electron chi connectivity index (χ3n) is 3.60. The first kappa shape index (κ1) is 14.0. The Balaban J connectivity index is 2.69. The first-order valence-corrected chi connectivity index (χ1v) is 6.70. The monoisotopic (exact) mass is 240 g/mol. The van der Waals surface area contributed by atoms with E-state index in [2.05, 4.69) is 19.2 Å². The minimum Gasteiger partial charge on any atom is -0.344 e. The summed E-state index contributed by atoms with van der Waals surface area (Å²) < 4.78 is 0. The zero-order valence-corrected chi connectivity index (χ0v) is 11.2. The largest absolute Gasteiger partial charge is 0.344 e. The van der Waals surface area contributed by atoms with Gasteiger partial charge >= 0.3 is 0 Å². The van der Waals surface area contributed by atoms with Crippen molar-refractivity contribution in [3.63, 3.8) is 0 Å². The van der Waals surface area contributed by atoms with E-state index < -0.39 is 0 Å². The van der Waals surface area contributed by atoms with Crippen LogP contribution in [0.15, 0.2) is 0 Å². The van der Waals surface area contributed by atoms with E-state index >= 15 is 0 Å². The highest BCUT2D eigenvalue weighted by atomic mass is 16.2. The minimum atomic E-state index is -0.320. The molecular formula is C13H24N2O2. The Hall–Kier alpha value is -1.06. The van der Waals surface area contributed by atoms with Gasteiger partial charge in [-0.25, -0.2) is 0 Å². The molecule has 2 amide bonds. The highest BCUT2D eigenvalue weighted by Crippen LogP contribution is 2.13. The van der Waals surface area contributed by atoms with Gasteiger partial charge in [0.25, 0.3) is 0 Å². The second kappa shape index (κ2) is 6.62. The van der Waals surface area contributed by atoms with Crippen LogP contribution in [-0.4, -0.2) is 35.8 Å². The molecule has 0 radical (unpaired) electrons. The lowest BCUT2D eigenvalue weighted by atomic mass is 10.0. The molecule has 1 rings (SSSR count). The number of hydrogen-bond acceptors (Lipinski definition) is 2. The van der Waals surface area contributed by atoms with E-state index in [4.69, 9.17) is 0 Å². The summed E-state index contributed by atoms with van der Waals surface area (Å²) in [6, 6.07) is -0.320. The quantitative estimate of drug-likeness (QED) is 0.792. The zero-order chi connectivity index (χ0) is 12.8. The van der Waals surface area contributed by atoms with Crippen molar-refractivity contribution in [3.8, 4) is 0 Å². The smallest absolute Gasteiger partial charge is 0.245 e. The second-order valence-electron chi connectivity index (χ2n) is 4.75. The molecule has 0 aromatic carbocycles. The molecule has 4 heteroatoms. The predicted molar refractivity (Wildman–Crippen MR) is 67.5 cm³/mol. The molecule has 17 heavy (non-hydrogen) atoms. The molecule has 1 aliphatic heterocycles. The molecule has 0 saturated carbocycles. The molecule has 0 aromatic rings. The van der Waals surface area contributed by atoms with Gasteiger partial charge in [0.05, 0.1) is 0 Å². The van der Waals surface area contributed by atoms with Gasteiger partial charge in [0.2, 0.25) is 11.8 Å². The Bertz CT molecular complexity index is 275. The Morgan fingerprint density at radius 3 is 2.47 bits per heavy atom. The topological polar surface area (TPSA) is 49.4 Å². The molecule has 0 spiro atoms. The van der Waals surface area contributed by atoms with E-state index in [9.17, 15) is 9.59 Å². The summed E-state index contributed by atoms with van der Waals surface area (Å²) in [5.41, 5.74) is 0. The van der Waals surface area contributed by atoms with E-state index in [1.165, 1.54) is 0 Å². The molecule has 0 aliphatic carbocycles. The van der Waals surface area contributed by atoms with Gasteiger partial charge in [-0.05, 0) is 12.3 Å². The van der Waals surface area contributed by atoms with Crippen LogP contribution in [0, 0.1) is 5.92 Å². The Morgan fingerprint density at radius 2 is 1.94 bits per heavy atom. The van der Waals surface area contributed by atoms with Crippen molar-refractivity contribution in [2.75, 3.05) is 13.1 Å². The fourth-order valence-corrected chi connectivity index (χ4v) is 2.21. The lowest BCUT2D eigenvalue weighted by molar-refractivity contribution is -0.134. The fourth-order valence-electron chi connectivity index (χ4n) is 2.21. The summed E-state index contributed by atoms with van der Waals surface area (Å²) in [7, 11) is 0. The number of carbonyl (C=O) groups is 2. The SMILES string of the molecule is CCC(CC)CN1CCC(=O)NC(CC)C1=O. The second-order valence-corrected chi connectivity index (χ2v) is 4.75. The van der Waals surface area contributed by atoms with Gasteiger partial charge in [-0.15, -0.1) is 0 Å². The fraction of sp³-hybridized carbons (Fsp3) is 0.846. The number of carbonyl (C=O) groups excluding carboxylic acids is 2. The van der Waals surface area contributed by atoms with Crippen LogP contribution in [0.25, 0.3) is 0 Å². The molecule has 1 unspecified atom stereocenters. The van der Waals surface area contributed by atoms with Crippen LogP contribution in [0.3, 0.4) is 0 Å². The third-order valence-corrected chi connectivity index (χ3v) is 3.60. The van der Waals surface area contributed by atoms with Gasteiger partial charge in [-0.2, -0.15) is 0 Å². The van der Waals surface area contributed by atoms with Gasteiger partial charge < -0.3 is 10.2 Å². The van der Waals surface area contributed by atoms with E-state index in [0.29, 0.717) is 25.3 Å². The maximum atomic E-state index is 12.2. The van der Waals surface area contributed by atoms with Crippen molar-refractivity contribution in [3.05, 3.63) is 0 Å². The van der Waals surface area contributed by atoms with Crippen molar-refractivity contribution in [2.45, 2.75) is 52.5 Å². The van der Waals surface area contributed by atoms with Gasteiger partial charge in [-0.3, -0.25) is 9.59 Å². The molecule has 0 aromatic heterocycles. The first-order valence-electron chi connectivity index (χ1n) is 6.70. The lowest BCUT2D eigenvalue weighted by Gasteiger charge is -2.27. The number of rotatable bonds is 5. The molecule has 1 atom stereocenters. The summed E-state index contributed by atoms with van der Waals surface area (Å²) in [4.78, 5) is 25.5. The maximum Gasteiger partial charge on any atom is 0.245 e. The standard InChI is InChI=1S/C13H24N2O2/c1-4-10(5-2)9-15-8-7-12(16)14-11(6-3)13(15)17/h10-11H,4-9H2,1-3H3,(H,14,16). The van der Waals surface area contributed by atoms with Crippen LogP contribution in [0.5, 0.6) is 0 Å². The van der Waals surface area contributed by atoms with Crippen molar-refractivity contribution in [2.24, 2.45) is 5.92 Å². The highest BCUT2D eigenvalue weighted by molar-refractivity contribution is 5.89. The summed E-state index contributed by atoms with van der Waals surface area (Å²) in [5, 5.41) is 2.79. The van der Waals surface area contributed by atoms with Crippen molar-refractivity contribution >= 4 is 11.8 Å². The average Bonchev–Trinajstić information content (AvgIpc) is 2.47. The molecular weight excluding hydrogens is 216 g/mol. The molecule has 1 saturated heterocycles. The summed E-state index contributed by atoms with van der Waals surface area (Å²) >= 11 is 0. The molecule has 1 N–H and O–H groups in total. The van der Waals surface area contributed by atoms with Crippen molar-refractivity contribution < 1.29 is 9.59 Å². The molecule has 4 nitrogen and oxygen atoms in total. The van der Waals surface area contributed by atoms with Crippen LogP contribution in [0.4, 0.5) is 0 Å². The lowest BCUT2D eigenvalue weighted by Crippen LogP contribution is -2.45. The Kier molecular flexibility index (Phi) is 5.45. The number of hydrogen-bond donors (Lipinski definition) is 1. The van der Waals surface area contributed by atoms with Gasteiger partial charge in [0.15, 0.2) is 0 Å². The van der Waals surface area contributed by atoms with E-state index in [-0.39, 0.29) is 17.9 Å². The first-order chi connectivity index (χ1) is 8.12. The van der Waals surface area contributed by atoms with Crippen LogP contribution < -0.4 is 5.32 Å². The van der Waals surface area contributed by atoms with Gasteiger partial charge in [0, 0.05) is 19.5 Å². The zero-order valence-electron chi connectivity index (χ0n) is 11.2. The highest BCUT2D eigenvalue weighted by Gasteiger charge is 2.29. The van der Waals surface area contributed by atoms with Crippen LogP contribution in [-0.2, 0) is 9.59 Å². The Labute approximate surface area is 104 Å². The molecule has 98 valence electrons. The third kappa shape index (κ3) is 3.72. The van der Waals surface area contributed by atoms with Crippen LogP contribution in [0.1, 0.15) is 46.5 Å². The van der Waals surface area contributed by atoms with Crippen LogP contribution in [0.2, 0.25) is 0 Å². The number of amides is 2. The van der Waals surface area contributed by atoms with Crippen molar-refractivity contribution in [1.29, 1.82) is 0 Å². The van der Waals surface area contributed by atoms with E-state index in [0.717, 1.165) is 19.4 Å². The van der Waals surface area contributed by atoms with Crippen molar-refractivity contribution in [1.82, 2.24) is 10.2 Å². The van der Waals surface area contributed by atoms with Crippen LogP contribution >= 0.6 is 0 Å². The van der Waals surface area contributed by atoms with E-state index in [1.807, 2.05) is 11.8 Å². The average molecular weight is 240 g/mol. The molecule has 1 fully saturated rings. The number of nitrogens with one attached hydrogen (secondary N) is 1.